The average molecular weight is 480 g/mol. The summed E-state index contributed by atoms with van der Waals surface area (Å²) in [6.07, 6.45) is 0. The van der Waals surface area contributed by atoms with Crippen LogP contribution in [0, 0.1) is 0 Å². The van der Waals surface area contributed by atoms with Gasteiger partial charge in [0.05, 0.1) is 35.1 Å². The average Bonchev–Trinajstić information content (AvgIpc) is 2.88. The Morgan fingerprint density at radius 2 is 1.68 bits per heavy atom. The third kappa shape index (κ3) is 4.41. The van der Waals surface area contributed by atoms with Gasteiger partial charge in [-0.1, -0.05) is 30.3 Å². The highest BCUT2D eigenvalue weighted by Crippen LogP contribution is 2.47. The maximum absolute atomic E-state index is 12.5. The van der Waals surface area contributed by atoms with Crippen molar-refractivity contribution in [3.05, 3.63) is 66.2 Å². The van der Waals surface area contributed by atoms with Gasteiger partial charge in [0.25, 0.3) is 5.91 Å². The molecule has 176 valence electrons. The molecule has 0 aliphatic heterocycles. The van der Waals surface area contributed by atoms with E-state index in [1.54, 1.807) is 38.4 Å². The summed E-state index contributed by atoms with van der Waals surface area (Å²) >= 11 is 0. The van der Waals surface area contributed by atoms with E-state index >= 15 is 0 Å². The van der Waals surface area contributed by atoms with Crippen LogP contribution < -0.4 is 20.5 Å². The van der Waals surface area contributed by atoms with E-state index < -0.39 is 7.75 Å². The van der Waals surface area contributed by atoms with Gasteiger partial charge in [-0.2, -0.15) is 0 Å². The van der Waals surface area contributed by atoms with Gasteiger partial charge in [0, 0.05) is 43.8 Å². The number of pyridine rings is 1. The minimum Gasteiger partial charge on any atom is -0.494 e. The fraction of sp³-hybridized carbons (Fsp3) is 0.167. The van der Waals surface area contributed by atoms with Gasteiger partial charge < -0.3 is 15.4 Å². The maximum Gasteiger partial charge on any atom is 0.432 e. The zero-order valence-electron chi connectivity index (χ0n) is 19.2. The van der Waals surface area contributed by atoms with Gasteiger partial charge >= 0.3 is 7.75 Å². The van der Waals surface area contributed by atoms with Gasteiger partial charge in [0.15, 0.2) is 0 Å². The zero-order chi connectivity index (χ0) is 24.3. The molecule has 0 aliphatic carbocycles. The molecule has 1 heterocycles. The van der Waals surface area contributed by atoms with E-state index in [-0.39, 0.29) is 5.91 Å². The molecule has 3 N–H and O–H groups in total. The van der Waals surface area contributed by atoms with E-state index in [0.717, 1.165) is 22.0 Å². The SMILES string of the molecule is CNC(=O)c1cccc2c(Nc3ccc(NP(=O)(OC)OC)cc3OC)c3ccccc3nc12. The minimum absolute atomic E-state index is 0.215. The standard InChI is InChI=1S/C24H25N4O5P/c1-25-24(29)18-10-7-9-17-22(16-8-5-6-11-19(16)26-23(17)18)27-20-13-12-15(14-21(20)31-2)28-34(30,32-3)33-4/h5-14H,1-4H3,(H,25,29)(H,26,27)(H,28,30). The lowest BCUT2D eigenvalue weighted by molar-refractivity contribution is 0.0964. The molecule has 0 saturated carbocycles. The zero-order valence-corrected chi connectivity index (χ0v) is 20.1. The number of ether oxygens (including phenoxy) is 1. The molecule has 0 fully saturated rings. The molecule has 34 heavy (non-hydrogen) atoms. The first kappa shape index (κ1) is 23.5. The normalized spacial score (nSPS) is 11.4. The molecule has 0 spiro atoms. The number of amides is 1. The van der Waals surface area contributed by atoms with Crippen molar-refractivity contribution in [2.45, 2.75) is 0 Å². The second kappa shape index (κ2) is 9.69. The molecular formula is C24H25N4O5P. The smallest absolute Gasteiger partial charge is 0.432 e. The van der Waals surface area contributed by atoms with Gasteiger partial charge in [-0.05, 0) is 24.3 Å². The van der Waals surface area contributed by atoms with Crippen molar-refractivity contribution < 1.29 is 23.1 Å². The lowest BCUT2D eigenvalue weighted by Gasteiger charge is -2.19. The van der Waals surface area contributed by atoms with Crippen molar-refractivity contribution >= 4 is 52.5 Å². The lowest BCUT2D eigenvalue weighted by Crippen LogP contribution is -2.18. The van der Waals surface area contributed by atoms with Crippen LogP contribution in [0.15, 0.2) is 60.7 Å². The van der Waals surface area contributed by atoms with E-state index in [9.17, 15) is 9.36 Å². The van der Waals surface area contributed by atoms with Crippen molar-refractivity contribution in [2.24, 2.45) is 0 Å². The van der Waals surface area contributed by atoms with Crippen LogP contribution in [-0.4, -0.2) is 39.3 Å². The third-order valence-electron chi connectivity index (χ3n) is 5.39. The monoisotopic (exact) mass is 480 g/mol. The highest BCUT2D eigenvalue weighted by molar-refractivity contribution is 7.55. The van der Waals surface area contributed by atoms with Crippen molar-refractivity contribution in [1.29, 1.82) is 0 Å². The Labute approximate surface area is 197 Å². The second-order valence-electron chi connectivity index (χ2n) is 7.30. The Bertz CT molecular complexity index is 1420. The van der Waals surface area contributed by atoms with Crippen LogP contribution in [0.25, 0.3) is 21.8 Å². The lowest BCUT2D eigenvalue weighted by atomic mass is 10.0. The molecule has 4 aromatic rings. The molecule has 9 nitrogen and oxygen atoms in total. The van der Waals surface area contributed by atoms with Crippen LogP contribution in [0.1, 0.15) is 10.4 Å². The Morgan fingerprint density at radius 3 is 2.38 bits per heavy atom. The van der Waals surface area contributed by atoms with Crippen molar-refractivity contribution in [1.82, 2.24) is 10.3 Å². The first-order valence-electron chi connectivity index (χ1n) is 10.4. The Balaban J connectivity index is 1.85. The van der Waals surface area contributed by atoms with Gasteiger partial charge in [-0.3, -0.25) is 18.9 Å². The summed E-state index contributed by atoms with van der Waals surface area (Å²) in [4.78, 5) is 17.3. The summed E-state index contributed by atoms with van der Waals surface area (Å²) in [5.74, 6) is 0.285. The molecule has 0 atom stereocenters. The number of carbonyl (C=O) groups excluding carboxylic acids is 1. The van der Waals surface area contributed by atoms with Gasteiger partial charge in [0.2, 0.25) is 0 Å². The number of hydrogen-bond acceptors (Lipinski definition) is 7. The largest absolute Gasteiger partial charge is 0.494 e. The summed E-state index contributed by atoms with van der Waals surface area (Å²) < 4.78 is 27.9. The fourth-order valence-electron chi connectivity index (χ4n) is 3.69. The van der Waals surface area contributed by atoms with Gasteiger partial charge in [-0.15, -0.1) is 0 Å². The number of rotatable bonds is 8. The summed E-state index contributed by atoms with van der Waals surface area (Å²) in [7, 11) is 2.27. The van der Waals surface area contributed by atoms with E-state index in [1.165, 1.54) is 14.2 Å². The number of fused-ring (bicyclic) bond motifs is 2. The molecule has 0 unspecified atom stereocenters. The first-order chi connectivity index (χ1) is 16.4. The first-order valence-corrected chi connectivity index (χ1v) is 12.0. The summed E-state index contributed by atoms with van der Waals surface area (Å²) in [6, 6.07) is 18.4. The molecule has 1 aromatic heterocycles. The molecule has 1 amide bonds. The number of hydrogen-bond donors (Lipinski definition) is 3. The quantitative estimate of drug-likeness (QED) is 0.230. The number of aromatic nitrogens is 1. The summed E-state index contributed by atoms with van der Waals surface area (Å²) in [5.41, 5.74) is 3.76. The van der Waals surface area contributed by atoms with E-state index in [1.807, 2.05) is 36.4 Å². The molecule has 0 saturated heterocycles. The Hall–Kier alpha value is -3.65. The van der Waals surface area contributed by atoms with Crippen LogP contribution >= 0.6 is 7.75 Å². The maximum atomic E-state index is 12.5. The van der Waals surface area contributed by atoms with Crippen molar-refractivity contribution in [2.75, 3.05) is 38.8 Å². The number of nitrogens with zero attached hydrogens (tertiary/aromatic N) is 1. The van der Waals surface area contributed by atoms with Crippen LogP contribution in [-0.2, 0) is 13.6 Å². The molecule has 0 aliphatic rings. The minimum atomic E-state index is -3.47. The highest BCUT2D eigenvalue weighted by atomic mass is 31.2. The molecule has 4 rings (SSSR count). The predicted octanol–water partition coefficient (Wildman–Crippen LogP) is 5.31. The van der Waals surface area contributed by atoms with E-state index in [2.05, 4.69) is 15.7 Å². The number of methoxy groups -OCH3 is 1. The van der Waals surface area contributed by atoms with Crippen LogP contribution in [0.5, 0.6) is 5.75 Å². The Morgan fingerprint density at radius 1 is 0.941 bits per heavy atom. The van der Waals surface area contributed by atoms with Crippen LogP contribution in [0.2, 0.25) is 0 Å². The number of anilines is 3. The molecular weight excluding hydrogens is 455 g/mol. The third-order valence-corrected chi connectivity index (χ3v) is 6.88. The van der Waals surface area contributed by atoms with Crippen molar-refractivity contribution in [3.63, 3.8) is 0 Å². The number of nitrogens with one attached hydrogen (secondary N) is 3. The molecule has 0 bridgehead atoms. The van der Waals surface area contributed by atoms with Gasteiger partial charge in [-0.25, -0.2) is 9.55 Å². The van der Waals surface area contributed by atoms with Gasteiger partial charge in [0.1, 0.15) is 5.75 Å². The fourth-order valence-corrected chi connectivity index (χ4v) is 4.48. The number of benzene rings is 3. The van der Waals surface area contributed by atoms with Crippen LogP contribution in [0.4, 0.5) is 17.1 Å². The number of carbonyl (C=O) groups is 1. The number of para-hydroxylation sites is 2. The van der Waals surface area contributed by atoms with E-state index in [0.29, 0.717) is 28.2 Å². The predicted molar refractivity (Wildman–Crippen MR) is 134 cm³/mol. The molecule has 3 aromatic carbocycles. The topological polar surface area (TPSA) is 111 Å². The van der Waals surface area contributed by atoms with Crippen LogP contribution in [0.3, 0.4) is 0 Å². The van der Waals surface area contributed by atoms with E-state index in [4.69, 9.17) is 18.8 Å². The molecule has 0 radical (unpaired) electrons. The Kier molecular flexibility index (Phi) is 6.70. The van der Waals surface area contributed by atoms with Crippen molar-refractivity contribution in [3.8, 4) is 5.75 Å². The molecule has 10 heteroatoms. The second-order valence-corrected chi connectivity index (χ2v) is 9.25. The summed E-state index contributed by atoms with van der Waals surface area (Å²) in [6.45, 7) is 0. The highest BCUT2D eigenvalue weighted by Gasteiger charge is 2.22. The summed E-state index contributed by atoms with van der Waals surface area (Å²) in [5, 5.41) is 10.6.